The van der Waals surface area contributed by atoms with Crippen molar-refractivity contribution < 1.29 is 4.74 Å². The highest BCUT2D eigenvalue weighted by Gasteiger charge is 2.21. The summed E-state index contributed by atoms with van der Waals surface area (Å²) in [5.74, 6) is 1.02. The highest BCUT2D eigenvalue weighted by molar-refractivity contribution is 14.0. The predicted molar refractivity (Wildman–Crippen MR) is 120 cm³/mol. The molecule has 0 bridgehead atoms. The third kappa shape index (κ3) is 5.58. The maximum absolute atomic E-state index is 5.75. The fraction of sp³-hybridized carbons (Fsp3) is 0.476. The van der Waals surface area contributed by atoms with Gasteiger partial charge < -0.3 is 15.0 Å². The van der Waals surface area contributed by atoms with Crippen molar-refractivity contribution in [2.24, 2.45) is 4.99 Å². The molecule has 1 saturated heterocycles. The van der Waals surface area contributed by atoms with Gasteiger partial charge in [0.05, 0.1) is 12.6 Å². The van der Waals surface area contributed by atoms with Crippen molar-refractivity contribution in [2.75, 3.05) is 26.2 Å². The van der Waals surface area contributed by atoms with E-state index in [9.17, 15) is 0 Å². The second-order valence-electron chi connectivity index (χ2n) is 6.49. The molecule has 1 aliphatic heterocycles. The molecule has 2 aromatic carbocycles. The van der Waals surface area contributed by atoms with E-state index in [-0.39, 0.29) is 24.0 Å². The van der Waals surface area contributed by atoms with Crippen molar-refractivity contribution in [1.29, 1.82) is 0 Å². The molecule has 0 unspecified atom stereocenters. The number of guanidine groups is 1. The average Bonchev–Trinajstić information content (AvgIpc) is 2.66. The van der Waals surface area contributed by atoms with E-state index in [0.717, 1.165) is 45.0 Å². The van der Waals surface area contributed by atoms with E-state index in [1.54, 1.807) is 0 Å². The smallest absolute Gasteiger partial charge is 0.194 e. The van der Waals surface area contributed by atoms with Crippen LogP contribution in [0.1, 0.15) is 32.3 Å². The number of benzene rings is 2. The minimum atomic E-state index is 0. The molecule has 1 heterocycles. The van der Waals surface area contributed by atoms with Gasteiger partial charge in [-0.15, -0.1) is 24.0 Å². The number of halogens is 1. The maximum Gasteiger partial charge on any atom is 0.194 e. The van der Waals surface area contributed by atoms with Gasteiger partial charge in [0.25, 0.3) is 0 Å². The summed E-state index contributed by atoms with van der Waals surface area (Å²) in [6, 6.07) is 15.1. The van der Waals surface area contributed by atoms with Crippen molar-refractivity contribution in [1.82, 2.24) is 10.2 Å². The summed E-state index contributed by atoms with van der Waals surface area (Å²) >= 11 is 0. The molecule has 4 nitrogen and oxygen atoms in total. The quantitative estimate of drug-likeness (QED) is 0.402. The van der Waals surface area contributed by atoms with Gasteiger partial charge in [-0.2, -0.15) is 0 Å². The highest BCUT2D eigenvalue weighted by atomic mass is 127. The number of likely N-dealkylation sites (tertiary alicyclic amines) is 1. The van der Waals surface area contributed by atoms with Gasteiger partial charge in [-0.25, -0.2) is 4.99 Å². The first-order valence-corrected chi connectivity index (χ1v) is 9.42. The average molecular weight is 467 g/mol. The van der Waals surface area contributed by atoms with E-state index in [1.807, 2.05) is 0 Å². The second kappa shape index (κ2) is 10.7. The first-order valence-electron chi connectivity index (χ1n) is 9.42. The van der Waals surface area contributed by atoms with Crippen molar-refractivity contribution in [2.45, 2.75) is 39.3 Å². The Morgan fingerprint density at radius 1 is 1.12 bits per heavy atom. The Morgan fingerprint density at radius 2 is 1.85 bits per heavy atom. The number of nitrogens with one attached hydrogen (secondary N) is 1. The molecule has 1 aliphatic rings. The zero-order chi connectivity index (χ0) is 17.5. The molecule has 2 aromatic rings. The van der Waals surface area contributed by atoms with E-state index in [1.165, 1.54) is 16.3 Å². The fourth-order valence-corrected chi connectivity index (χ4v) is 3.40. The van der Waals surface area contributed by atoms with E-state index in [2.05, 4.69) is 66.5 Å². The Labute approximate surface area is 174 Å². The Balaban J connectivity index is 0.00000243. The molecule has 0 radical (unpaired) electrons. The third-order valence-corrected chi connectivity index (χ3v) is 4.70. The molecule has 26 heavy (non-hydrogen) atoms. The summed E-state index contributed by atoms with van der Waals surface area (Å²) in [4.78, 5) is 7.24. The first kappa shape index (κ1) is 21.0. The SMILES string of the molecule is CCNC(=NCc1ccc2ccccc2c1)N1CCC(OCC)CC1.I. The Morgan fingerprint density at radius 3 is 2.54 bits per heavy atom. The second-order valence-corrected chi connectivity index (χ2v) is 6.49. The molecule has 0 atom stereocenters. The summed E-state index contributed by atoms with van der Waals surface area (Å²) in [6.45, 7) is 8.61. The summed E-state index contributed by atoms with van der Waals surface area (Å²) < 4.78 is 5.75. The lowest BCUT2D eigenvalue weighted by Gasteiger charge is -2.34. The number of hydrogen-bond acceptors (Lipinski definition) is 2. The lowest BCUT2D eigenvalue weighted by atomic mass is 10.1. The van der Waals surface area contributed by atoms with Crippen LogP contribution >= 0.6 is 24.0 Å². The summed E-state index contributed by atoms with van der Waals surface area (Å²) in [6.07, 6.45) is 2.56. The number of piperidine rings is 1. The summed E-state index contributed by atoms with van der Waals surface area (Å²) in [7, 11) is 0. The van der Waals surface area contributed by atoms with Crippen LogP contribution in [0, 0.1) is 0 Å². The molecule has 0 spiro atoms. The predicted octanol–water partition coefficient (Wildman–Crippen LogP) is 4.42. The van der Waals surface area contributed by atoms with Crippen LogP contribution in [0.5, 0.6) is 0 Å². The Bertz CT molecular complexity index is 711. The standard InChI is InChI=1S/C21H29N3O.HI/c1-3-22-21(24-13-11-20(12-14-24)25-4-2)23-16-17-9-10-18-7-5-6-8-19(18)15-17;/h5-10,15,20H,3-4,11-14,16H2,1-2H3,(H,22,23);1H. The van der Waals surface area contributed by atoms with Crippen molar-refractivity contribution in [3.05, 3.63) is 48.0 Å². The Kier molecular flexibility index (Phi) is 8.65. The lowest BCUT2D eigenvalue weighted by molar-refractivity contribution is 0.0263. The van der Waals surface area contributed by atoms with Crippen LogP contribution in [0.15, 0.2) is 47.5 Å². The van der Waals surface area contributed by atoms with Crippen LogP contribution in [0.3, 0.4) is 0 Å². The van der Waals surface area contributed by atoms with Gasteiger partial charge >= 0.3 is 0 Å². The molecule has 1 N–H and O–H groups in total. The topological polar surface area (TPSA) is 36.9 Å². The zero-order valence-electron chi connectivity index (χ0n) is 15.8. The van der Waals surface area contributed by atoms with Gasteiger partial charge in [0.2, 0.25) is 0 Å². The zero-order valence-corrected chi connectivity index (χ0v) is 18.1. The molecule has 0 aliphatic carbocycles. The van der Waals surface area contributed by atoms with Crippen molar-refractivity contribution in [3.63, 3.8) is 0 Å². The van der Waals surface area contributed by atoms with Gasteiger partial charge in [0.15, 0.2) is 5.96 Å². The number of aliphatic imine (C=N–C) groups is 1. The third-order valence-electron chi connectivity index (χ3n) is 4.70. The number of fused-ring (bicyclic) bond motifs is 1. The Hall–Kier alpha value is -1.34. The molecule has 142 valence electrons. The minimum absolute atomic E-state index is 0. The van der Waals surface area contributed by atoms with Gasteiger partial charge in [-0.3, -0.25) is 0 Å². The monoisotopic (exact) mass is 467 g/mol. The number of rotatable bonds is 5. The van der Waals surface area contributed by atoms with Gasteiger partial charge in [0, 0.05) is 26.2 Å². The van der Waals surface area contributed by atoms with Crippen LogP contribution in [0.25, 0.3) is 10.8 Å². The summed E-state index contributed by atoms with van der Waals surface area (Å²) in [5.41, 5.74) is 1.25. The highest BCUT2D eigenvalue weighted by Crippen LogP contribution is 2.17. The van der Waals surface area contributed by atoms with E-state index in [4.69, 9.17) is 9.73 Å². The summed E-state index contributed by atoms with van der Waals surface area (Å²) in [5, 5.41) is 6.00. The number of hydrogen-bond donors (Lipinski definition) is 1. The van der Waals surface area contributed by atoms with Crippen LogP contribution in [-0.2, 0) is 11.3 Å². The van der Waals surface area contributed by atoms with Crippen LogP contribution in [0.2, 0.25) is 0 Å². The van der Waals surface area contributed by atoms with Gasteiger partial charge in [-0.1, -0.05) is 36.4 Å². The van der Waals surface area contributed by atoms with E-state index < -0.39 is 0 Å². The van der Waals surface area contributed by atoms with Crippen molar-refractivity contribution in [3.8, 4) is 0 Å². The van der Waals surface area contributed by atoms with Crippen LogP contribution < -0.4 is 5.32 Å². The molecular formula is C21H30IN3O. The maximum atomic E-state index is 5.75. The van der Waals surface area contributed by atoms with Gasteiger partial charge in [0.1, 0.15) is 0 Å². The number of ether oxygens (including phenoxy) is 1. The molecule has 5 heteroatoms. The van der Waals surface area contributed by atoms with Crippen molar-refractivity contribution >= 4 is 40.7 Å². The van der Waals surface area contributed by atoms with E-state index in [0.29, 0.717) is 12.6 Å². The van der Waals surface area contributed by atoms with E-state index >= 15 is 0 Å². The molecular weight excluding hydrogens is 437 g/mol. The van der Waals surface area contributed by atoms with Gasteiger partial charge in [-0.05, 0) is 49.1 Å². The number of nitrogens with zero attached hydrogens (tertiary/aromatic N) is 2. The normalized spacial score (nSPS) is 15.8. The molecule has 1 fully saturated rings. The molecule has 0 amide bonds. The van der Waals surface area contributed by atoms with Crippen LogP contribution in [-0.4, -0.2) is 43.2 Å². The lowest BCUT2D eigenvalue weighted by Crippen LogP contribution is -2.47. The van der Waals surface area contributed by atoms with Crippen LogP contribution in [0.4, 0.5) is 0 Å². The molecule has 3 rings (SSSR count). The largest absolute Gasteiger partial charge is 0.378 e. The molecule has 0 saturated carbocycles. The fourth-order valence-electron chi connectivity index (χ4n) is 3.40. The minimum Gasteiger partial charge on any atom is -0.378 e. The molecule has 0 aromatic heterocycles. The first-order chi connectivity index (χ1) is 12.3.